The van der Waals surface area contributed by atoms with Crippen LogP contribution in [-0.2, 0) is 11.3 Å². The number of rotatable bonds is 2. The molecule has 4 nitrogen and oxygen atoms in total. The molecule has 0 aliphatic carbocycles. The Morgan fingerprint density at radius 2 is 1.96 bits per heavy atom. The van der Waals surface area contributed by atoms with Crippen molar-refractivity contribution in [1.29, 1.82) is 0 Å². The van der Waals surface area contributed by atoms with E-state index < -0.39 is 0 Å². The molecule has 0 saturated carbocycles. The molecule has 142 valence electrons. The number of hydrogen-bond acceptors (Lipinski definition) is 4. The first kappa shape index (κ1) is 17.2. The van der Waals surface area contributed by atoms with E-state index in [1.807, 2.05) is 6.07 Å². The van der Waals surface area contributed by atoms with Crippen LogP contribution >= 0.6 is 0 Å². The molecule has 0 N–H and O–H groups in total. The van der Waals surface area contributed by atoms with Gasteiger partial charge in [0.15, 0.2) is 0 Å². The highest BCUT2D eigenvalue weighted by Crippen LogP contribution is 2.44. The van der Waals surface area contributed by atoms with Gasteiger partial charge in [0.1, 0.15) is 5.75 Å². The minimum Gasteiger partial charge on any atom is -0.497 e. The minimum atomic E-state index is 0.325. The van der Waals surface area contributed by atoms with Crippen molar-refractivity contribution in [3.8, 4) is 16.9 Å². The first-order chi connectivity index (χ1) is 13.1. The highest BCUT2D eigenvalue weighted by Gasteiger charge is 2.47. The number of piperidine rings is 1. The van der Waals surface area contributed by atoms with E-state index in [-0.39, 0.29) is 0 Å². The predicted octanol–water partition coefficient (Wildman–Crippen LogP) is 3.92. The molecule has 0 radical (unpaired) electrons. The summed E-state index contributed by atoms with van der Waals surface area (Å²) in [7, 11) is 3.83. The average molecular weight is 364 g/mol. The molecule has 4 atom stereocenters. The van der Waals surface area contributed by atoms with Gasteiger partial charge in [-0.05, 0) is 60.2 Å². The zero-order valence-electron chi connectivity index (χ0n) is 16.4. The van der Waals surface area contributed by atoms with Crippen molar-refractivity contribution in [2.75, 3.05) is 27.2 Å². The molecule has 3 aliphatic rings. The van der Waals surface area contributed by atoms with Gasteiger partial charge in [-0.2, -0.15) is 5.06 Å². The summed E-state index contributed by atoms with van der Waals surface area (Å²) in [5, 5.41) is 2.12. The van der Waals surface area contributed by atoms with Crippen LogP contribution in [0.5, 0.6) is 5.75 Å². The van der Waals surface area contributed by atoms with Crippen LogP contribution in [0.3, 0.4) is 0 Å². The number of nitrogens with zero attached hydrogens (tertiary/aromatic N) is 2. The maximum atomic E-state index is 6.01. The van der Waals surface area contributed by atoms with Gasteiger partial charge < -0.3 is 4.74 Å². The van der Waals surface area contributed by atoms with E-state index in [1.165, 1.54) is 22.3 Å². The van der Waals surface area contributed by atoms with Crippen LogP contribution < -0.4 is 4.74 Å². The number of hydroxylamine groups is 2. The molecule has 0 unspecified atom stereocenters. The fourth-order valence-corrected chi connectivity index (χ4v) is 5.32. The van der Waals surface area contributed by atoms with Gasteiger partial charge in [0.2, 0.25) is 0 Å². The van der Waals surface area contributed by atoms with E-state index in [2.05, 4.69) is 60.3 Å². The number of hydrogen-bond donors (Lipinski definition) is 0. The molecule has 4 heteroatoms. The zero-order chi connectivity index (χ0) is 18.5. The molecule has 0 spiro atoms. The zero-order valence-corrected chi connectivity index (χ0v) is 16.4. The number of benzene rings is 2. The largest absolute Gasteiger partial charge is 0.497 e. The van der Waals surface area contributed by atoms with Crippen molar-refractivity contribution in [2.45, 2.75) is 38.0 Å². The summed E-state index contributed by atoms with van der Waals surface area (Å²) >= 11 is 0. The van der Waals surface area contributed by atoms with E-state index in [9.17, 15) is 0 Å². The van der Waals surface area contributed by atoms with Crippen LogP contribution in [0.1, 0.15) is 30.5 Å². The summed E-state index contributed by atoms with van der Waals surface area (Å²) in [5.41, 5.74) is 5.52. The van der Waals surface area contributed by atoms with Crippen molar-refractivity contribution in [3.63, 3.8) is 0 Å². The van der Waals surface area contributed by atoms with Crippen LogP contribution in [0.2, 0.25) is 0 Å². The molecule has 0 amide bonds. The topological polar surface area (TPSA) is 24.9 Å². The van der Waals surface area contributed by atoms with Gasteiger partial charge in [-0.25, -0.2) is 0 Å². The van der Waals surface area contributed by atoms with Gasteiger partial charge in [-0.15, -0.1) is 0 Å². The molecule has 3 heterocycles. The molecule has 0 aromatic heterocycles. The molecule has 2 aromatic carbocycles. The van der Waals surface area contributed by atoms with Gasteiger partial charge >= 0.3 is 0 Å². The van der Waals surface area contributed by atoms with E-state index >= 15 is 0 Å². The predicted molar refractivity (Wildman–Crippen MR) is 107 cm³/mol. The lowest BCUT2D eigenvalue weighted by molar-refractivity contribution is -0.140. The SMILES string of the molecule is COc1cccc(-c2ccc3c(c2)[C@@H]2C[C@H]4[C@@H](CN2CC3)[C@H](C)ON4C)c1. The summed E-state index contributed by atoms with van der Waals surface area (Å²) < 4.78 is 5.42. The monoisotopic (exact) mass is 364 g/mol. The maximum absolute atomic E-state index is 6.01. The first-order valence-electron chi connectivity index (χ1n) is 10.0. The van der Waals surface area contributed by atoms with Gasteiger partial charge in [0, 0.05) is 38.1 Å². The van der Waals surface area contributed by atoms with E-state index in [1.54, 1.807) is 7.11 Å². The van der Waals surface area contributed by atoms with Crippen molar-refractivity contribution >= 4 is 0 Å². The molecule has 2 saturated heterocycles. The molecule has 2 aromatic rings. The van der Waals surface area contributed by atoms with Gasteiger partial charge in [-0.3, -0.25) is 9.74 Å². The van der Waals surface area contributed by atoms with Crippen molar-refractivity contribution in [2.24, 2.45) is 5.92 Å². The van der Waals surface area contributed by atoms with Crippen LogP contribution in [0, 0.1) is 5.92 Å². The first-order valence-corrected chi connectivity index (χ1v) is 10.0. The second-order valence-corrected chi connectivity index (χ2v) is 8.23. The molecule has 5 rings (SSSR count). The lowest BCUT2D eigenvalue weighted by atomic mass is 9.79. The second-order valence-electron chi connectivity index (χ2n) is 8.23. The van der Waals surface area contributed by atoms with Crippen LogP contribution in [0.15, 0.2) is 42.5 Å². The molecule has 2 fully saturated rings. The average Bonchev–Trinajstić information content (AvgIpc) is 2.99. The summed E-state index contributed by atoms with van der Waals surface area (Å²) in [6.07, 6.45) is 2.62. The van der Waals surface area contributed by atoms with Gasteiger partial charge in [0.25, 0.3) is 0 Å². The maximum Gasteiger partial charge on any atom is 0.119 e. The van der Waals surface area contributed by atoms with Crippen LogP contribution in [-0.4, -0.2) is 49.4 Å². The number of ether oxygens (including phenoxy) is 1. The molecule has 27 heavy (non-hydrogen) atoms. The lowest BCUT2D eigenvalue weighted by Crippen LogP contribution is -2.50. The fourth-order valence-electron chi connectivity index (χ4n) is 5.32. The Morgan fingerprint density at radius 1 is 1.11 bits per heavy atom. The van der Waals surface area contributed by atoms with Crippen molar-refractivity contribution < 1.29 is 9.57 Å². The van der Waals surface area contributed by atoms with E-state index in [0.717, 1.165) is 31.7 Å². The molecular weight excluding hydrogens is 336 g/mol. The molecular formula is C23H28N2O2. The molecule has 3 aliphatic heterocycles. The fraction of sp³-hybridized carbons (Fsp3) is 0.478. The number of fused-ring (bicyclic) bond motifs is 4. The summed E-state index contributed by atoms with van der Waals surface area (Å²) in [4.78, 5) is 8.71. The van der Waals surface area contributed by atoms with E-state index in [4.69, 9.17) is 9.57 Å². The third-order valence-corrected chi connectivity index (χ3v) is 6.82. The normalized spacial score (nSPS) is 30.5. The quantitative estimate of drug-likeness (QED) is 0.806. The highest BCUT2D eigenvalue weighted by atomic mass is 16.7. The molecule has 0 bridgehead atoms. The van der Waals surface area contributed by atoms with Crippen molar-refractivity contribution in [1.82, 2.24) is 9.96 Å². The van der Waals surface area contributed by atoms with E-state index in [0.29, 0.717) is 24.1 Å². The Kier molecular flexibility index (Phi) is 4.23. The van der Waals surface area contributed by atoms with Gasteiger partial charge in [0.05, 0.1) is 13.2 Å². The standard InChI is InChI=1S/C23H28N2O2/c1-15-21-14-25-10-9-16-7-8-18(17-5-4-6-19(11-17)26-3)12-20(16)23(25)13-22(21)24(2)27-15/h4-8,11-12,15,21-23H,9-10,13-14H2,1-3H3/t15-,21-,22-,23-/m0/s1. The Balaban J connectivity index is 1.50. The summed E-state index contributed by atoms with van der Waals surface area (Å²) in [5.74, 6) is 1.53. The minimum absolute atomic E-state index is 0.325. The van der Waals surface area contributed by atoms with Crippen molar-refractivity contribution in [3.05, 3.63) is 53.6 Å². The van der Waals surface area contributed by atoms with Gasteiger partial charge in [-0.1, -0.05) is 24.3 Å². The Hall–Kier alpha value is -1.88. The second kappa shape index (κ2) is 6.62. The third kappa shape index (κ3) is 2.87. The van der Waals surface area contributed by atoms with Crippen LogP contribution in [0.4, 0.5) is 0 Å². The summed E-state index contributed by atoms with van der Waals surface area (Å²) in [6, 6.07) is 16.4. The lowest BCUT2D eigenvalue weighted by Gasteiger charge is -2.46. The smallest absolute Gasteiger partial charge is 0.119 e. The Labute approximate surface area is 161 Å². The Morgan fingerprint density at radius 3 is 2.81 bits per heavy atom. The van der Waals surface area contributed by atoms with Crippen LogP contribution in [0.25, 0.3) is 11.1 Å². The summed E-state index contributed by atoms with van der Waals surface area (Å²) in [6.45, 7) is 4.53. The third-order valence-electron chi connectivity index (χ3n) is 6.82. The Bertz CT molecular complexity index is 852. The number of methoxy groups -OCH3 is 1. The highest BCUT2D eigenvalue weighted by molar-refractivity contribution is 5.67.